The number of carbonyl (C=O) groups excluding carboxylic acids is 1. The number of ether oxygens (including phenoxy) is 1. The number of carbonyl (C=O) groups is 1. The minimum absolute atomic E-state index is 0.0502. The lowest BCUT2D eigenvalue weighted by molar-refractivity contribution is -0.0362. The highest BCUT2D eigenvalue weighted by Crippen LogP contribution is 2.30. The van der Waals surface area contributed by atoms with Crippen LogP contribution in [-0.2, 0) is 4.74 Å². The molecule has 0 spiro atoms. The van der Waals surface area contributed by atoms with E-state index in [-0.39, 0.29) is 18.2 Å². The predicted molar refractivity (Wildman–Crippen MR) is 74.0 cm³/mol. The highest BCUT2D eigenvalue weighted by atomic mass is 16.5. The van der Waals surface area contributed by atoms with Crippen LogP contribution in [0.2, 0.25) is 0 Å². The normalized spacial score (nSPS) is 26.0. The van der Waals surface area contributed by atoms with Gasteiger partial charge in [-0.15, -0.1) is 0 Å². The van der Waals surface area contributed by atoms with Crippen molar-refractivity contribution >= 4 is 17.4 Å². The number of amides is 2. The number of hydrogen-bond acceptors (Lipinski definition) is 3. The van der Waals surface area contributed by atoms with Gasteiger partial charge in [0.25, 0.3) is 0 Å². The summed E-state index contributed by atoms with van der Waals surface area (Å²) in [6.45, 7) is 1.29. The van der Waals surface area contributed by atoms with Crippen LogP contribution >= 0.6 is 0 Å². The molecule has 19 heavy (non-hydrogen) atoms. The van der Waals surface area contributed by atoms with Gasteiger partial charge >= 0.3 is 6.03 Å². The molecule has 1 saturated heterocycles. The Labute approximate surface area is 112 Å². The van der Waals surface area contributed by atoms with Gasteiger partial charge in [0.2, 0.25) is 0 Å². The molecule has 5 nitrogen and oxygen atoms in total. The second kappa shape index (κ2) is 5.09. The highest BCUT2D eigenvalue weighted by molar-refractivity contribution is 5.90. The Morgan fingerprint density at radius 2 is 2.32 bits per heavy atom. The second-order valence-electron chi connectivity index (χ2n) is 5.16. The van der Waals surface area contributed by atoms with Crippen molar-refractivity contribution in [3.63, 3.8) is 0 Å². The summed E-state index contributed by atoms with van der Waals surface area (Å²) in [4.78, 5) is 14.2. The number of nitrogens with zero attached hydrogens (tertiary/aromatic N) is 1. The molecule has 1 aromatic carbocycles. The number of fused-ring (bicyclic) bond motifs is 1. The Hall–Kier alpha value is -1.75. The fourth-order valence-corrected chi connectivity index (χ4v) is 2.99. The molecule has 3 N–H and O–H groups in total. The first-order chi connectivity index (χ1) is 9.24. The number of nitrogen functional groups attached to an aromatic ring is 1. The first kappa shape index (κ1) is 12.3. The van der Waals surface area contributed by atoms with E-state index in [1.165, 1.54) is 0 Å². The van der Waals surface area contributed by atoms with E-state index in [2.05, 4.69) is 5.32 Å². The van der Waals surface area contributed by atoms with Crippen LogP contribution in [0.4, 0.5) is 16.2 Å². The minimum Gasteiger partial charge on any atom is -0.399 e. The number of morpholine rings is 1. The highest BCUT2D eigenvalue weighted by Gasteiger charge is 2.38. The zero-order valence-corrected chi connectivity index (χ0v) is 10.8. The van der Waals surface area contributed by atoms with E-state index in [4.69, 9.17) is 10.5 Å². The number of urea groups is 1. The standard InChI is InChI=1S/C14H19N3O2/c15-10-3-1-4-11(9-10)16-14(18)17-7-8-19-13-6-2-5-12(13)17/h1,3-4,9,12-13H,2,5-8,15H2,(H,16,18). The maximum atomic E-state index is 12.3. The Morgan fingerprint density at radius 3 is 3.16 bits per heavy atom. The smallest absolute Gasteiger partial charge is 0.322 e. The van der Waals surface area contributed by atoms with Crippen molar-refractivity contribution in [3.05, 3.63) is 24.3 Å². The maximum Gasteiger partial charge on any atom is 0.322 e. The van der Waals surface area contributed by atoms with Crippen molar-refractivity contribution in [2.45, 2.75) is 31.4 Å². The number of anilines is 2. The van der Waals surface area contributed by atoms with E-state index < -0.39 is 0 Å². The van der Waals surface area contributed by atoms with Gasteiger partial charge in [-0.2, -0.15) is 0 Å². The molecule has 0 radical (unpaired) electrons. The molecule has 1 aromatic rings. The zero-order chi connectivity index (χ0) is 13.2. The number of benzene rings is 1. The molecule has 2 atom stereocenters. The van der Waals surface area contributed by atoms with Gasteiger partial charge < -0.3 is 20.7 Å². The Morgan fingerprint density at radius 1 is 1.42 bits per heavy atom. The zero-order valence-electron chi connectivity index (χ0n) is 10.8. The molecule has 2 unspecified atom stereocenters. The van der Waals surface area contributed by atoms with Crippen molar-refractivity contribution < 1.29 is 9.53 Å². The molecule has 2 aliphatic rings. The Bertz CT molecular complexity index is 478. The van der Waals surface area contributed by atoms with E-state index in [0.717, 1.165) is 24.9 Å². The summed E-state index contributed by atoms with van der Waals surface area (Å²) in [5, 5.41) is 2.92. The van der Waals surface area contributed by atoms with Crippen LogP contribution in [0.3, 0.4) is 0 Å². The van der Waals surface area contributed by atoms with Gasteiger partial charge in [0.05, 0.1) is 18.8 Å². The lowest BCUT2D eigenvalue weighted by atomic mass is 10.1. The Kier molecular flexibility index (Phi) is 3.29. The van der Waals surface area contributed by atoms with Crippen molar-refractivity contribution in [2.24, 2.45) is 0 Å². The van der Waals surface area contributed by atoms with Crippen molar-refractivity contribution in [3.8, 4) is 0 Å². The Balaban J connectivity index is 1.69. The van der Waals surface area contributed by atoms with E-state index in [1.807, 2.05) is 17.0 Å². The van der Waals surface area contributed by atoms with E-state index in [9.17, 15) is 4.79 Å². The van der Waals surface area contributed by atoms with Crippen LogP contribution in [-0.4, -0.2) is 36.2 Å². The number of rotatable bonds is 1. The van der Waals surface area contributed by atoms with Gasteiger partial charge in [-0.1, -0.05) is 6.07 Å². The molecule has 1 heterocycles. The SMILES string of the molecule is Nc1cccc(NC(=O)N2CCOC3CCCC32)c1. The first-order valence-electron chi connectivity index (χ1n) is 6.79. The van der Waals surface area contributed by atoms with Gasteiger partial charge in [-0.3, -0.25) is 0 Å². The molecule has 2 amide bonds. The van der Waals surface area contributed by atoms with Crippen LogP contribution in [0.25, 0.3) is 0 Å². The first-order valence-corrected chi connectivity index (χ1v) is 6.79. The summed E-state index contributed by atoms with van der Waals surface area (Å²) in [6.07, 6.45) is 3.46. The summed E-state index contributed by atoms with van der Waals surface area (Å²) >= 11 is 0. The fraction of sp³-hybridized carbons (Fsp3) is 0.500. The summed E-state index contributed by atoms with van der Waals surface area (Å²) < 4.78 is 5.71. The van der Waals surface area contributed by atoms with Gasteiger partial charge in [0.15, 0.2) is 0 Å². The van der Waals surface area contributed by atoms with Crippen molar-refractivity contribution in [1.82, 2.24) is 4.90 Å². The molecule has 1 aliphatic heterocycles. The van der Waals surface area contributed by atoms with Gasteiger partial charge in [-0.25, -0.2) is 4.79 Å². The monoisotopic (exact) mass is 261 g/mol. The molecule has 3 rings (SSSR count). The summed E-state index contributed by atoms with van der Waals surface area (Å²) in [6, 6.07) is 7.44. The van der Waals surface area contributed by atoms with Crippen LogP contribution in [0.15, 0.2) is 24.3 Å². The molecule has 1 saturated carbocycles. The molecular formula is C14H19N3O2. The third-order valence-corrected chi connectivity index (χ3v) is 3.88. The van der Waals surface area contributed by atoms with Crippen molar-refractivity contribution in [2.75, 3.05) is 24.2 Å². The van der Waals surface area contributed by atoms with Crippen LogP contribution in [0.1, 0.15) is 19.3 Å². The predicted octanol–water partition coefficient (Wildman–Crippen LogP) is 2.05. The largest absolute Gasteiger partial charge is 0.399 e. The van der Waals surface area contributed by atoms with Gasteiger partial charge in [0.1, 0.15) is 0 Å². The summed E-state index contributed by atoms with van der Waals surface area (Å²) in [5.74, 6) is 0. The average Bonchev–Trinajstić information content (AvgIpc) is 2.86. The van der Waals surface area contributed by atoms with Gasteiger partial charge in [-0.05, 0) is 37.5 Å². The summed E-state index contributed by atoms with van der Waals surface area (Å²) in [7, 11) is 0. The second-order valence-corrected chi connectivity index (χ2v) is 5.16. The van der Waals surface area contributed by atoms with Crippen LogP contribution < -0.4 is 11.1 Å². The van der Waals surface area contributed by atoms with E-state index >= 15 is 0 Å². The molecule has 0 bridgehead atoms. The molecule has 1 aliphatic carbocycles. The lowest BCUT2D eigenvalue weighted by Gasteiger charge is -2.37. The van der Waals surface area contributed by atoms with Crippen molar-refractivity contribution in [1.29, 1.82) is 0 Å². The number of nitrogens with two attached hydrogens (primary N) is 1. The fourth-order valence-electron chi connectivity index (χ4n) is 2.99. The third kappa shape index (κ3) is 2.51. The van der Waals surface area contributed by atoms with Crippen LogP contribution in [0.5, 0.6) is 0 Å². The summed E-state index contributed by atoms with van der Waals surface area (Å²) in [5.41, 5.74) is 7.11. The average molecular weight is 261 g/mol. The minimum atomic E-state index is -0.0502. The maximum absolute atomic E-state index is 12.3. The van der Waals surface area contributed by atoms with Crippen LogP contribution in [0, 0.1) is 0 Å². The molecule has 5 heteroatoms. The van der Waals surface area contributed by atoms with E-state index in [1.54, 1.807) is 12.1 Å². The number of nitrogens with one attached hydrogen (secondary N) is 1. The third-order valence-electron chi connectivity index (χ3n) is 3.88. The topological polar surface area (TPSA) is 67.6 Å². The quantitative estimate of drug-likeness (QED) is 0.760. The lowest BCUT2D eigenvalue weighted by Crippen LogP contribution is -2.52. The number of hydrogen-bond donors (Lipinski definition) is 2. The molecule has 0 aromatic heterocycles. The molecule has 2 fully saturated rings. The molecular weight excluding hydrogens is 242 g/mol. The molecule has 102 valence electrons. The van der Waals surface area contributed by atoms with Gasteiger partial charge in [0, 0.05) is 17.9 Å². The van der Waals surface area contributed by atoms with E-state index in [0.29, 0.717) is 18.8 Å².